The van der Waals surface area contributed by atoms with Gasteiger partial charge in [0.2, 0.25) is 0 Å². The second-order valence-corrected chi connectivity index (χ2v) is 18.5. The lowest BCUT2D eigenvalue weighted by atomic mass is 9.82. The van der Waals surface area contributed by atoms with Crippen LogP contribution in [-0.4, -0.2) is 91.6 Å². The van der Waals surface area contributed by atoms with E-state index < -0.39 is 54.4 Å². The second-order valence-electron chi connectivity index (χ2n) is 18.5. The van der Waals surface area contributed by atoms with Crippen molar-refractivity contribution in [3.05, 3.63) is 204 Å². The maximum Gasteiger partial charge on any atom is 0.118 e. The van der Waals surface area contributed by atoms with Crippen molar-refractivity contribution in [1.82, 2.24) is 0 Å². The minimum atomic E-state index is -0.929. The molecule has 3 aliphatic rings. The topological polar surface area (TPSA) is 103 Å². The molecule has 3 heterocycles. The lowest BCUT2D eigenvalue weighted by Gasteiger charge is -2.50. The van der Waals surface area contributed by atoms with Crippen molar-refractivity contribution in [3.63, 3.8) is 0 Å². The second kappa shape index (κ2) is 26.4. The van der Waals surface area contributed by atoms with E-state index in [-0.39, 0.29) is 18.8 Å². The van der Waals surface area contributed by atoms with Crippen LogP contribution in [0.15, 0.2) is 176 Å². The van der Waals surface area contributed by atoms with Gasteiger partial charge in [0.1, 0.15) is 23.9 Å². The van der Waals surface area contributed by atoms with Crippen LogP contribution < -0.4 is 0 Å². The van der Waals surface area contributed by atoms with Crippen LogP contribution in [-0.2, 0) is 75.7 Å². The number of fused-ring (bicyclic) bond motifs is 1. The summed E-state index contributed by atoms with van der Waals surface area (Å²) in [6.07, 6.45) is 4.08. The Labute approximate surface area is 409 Å². The Hall–Kier alpha value is -4.82. The smallest absolute Gasteiger partial charge is 0.118 e. The lowest BCUT2D eigenvalue weighted by molar-refractivity contribution is -0.284. The Kier molecular flexibility index (Phi) is 19.4. The fourth-order valence-corrected chi connectivity index (χ4v) is 9.60. The van der Waals surface area contributed by atoms with Gasteiger partial charge < -0.3 is 47.7 Å². The molecule has 11 atom stereocenters. The molecule has 5 aromatic carbocycles. The fraction of sp³-hybridized carbons (Fsp3) is 0.424. The predicted octanol–water partition coefficient (Wildman–Crippen LogP) is 10.3. The lowest BCUT2D eigenvalue weighted by Crippen LogP contribution is -2.62. The first-order chi connectivity index (χ1) is 34.0. The van der Waals surface area contributed by atoms with Gasteiger partial charge in [0.25, 0.3) is 0 Å². The van der Waals surface area contributed by atoms with E-state index in [2.05, 4.69) is 74.2 Å². The maximum absolute atomic E-state index is 10.6. The summed E-state index contributed by atoms with van der Waals surface area (Å²) >= 11 is 0. The Morgan fingerprint density at radius 3 is 1.58 bits per heavy atom. The number of benzene rings is 5. The largest absolute Gasteiger partial charge is 0.396 e. The molecular formula is C59H70O10. The molecule has 366 valence electrons. The standard InChI is InChI=1S/C59H70O10/c1-3-20-50-54(66-51-32-19-31-49(63-39-46-25-13-6-14-26-46)55(67-52(51)33-34-60)42-61-37-44-21-9-4-10-22-44)36-57(65-41-48-29-17-8-18-30-48)59(2)58(68-50)35-53(64-40-47-27-15-7-16-28-47)56(69-59)43-62-38-45-23-11-5-12-24-45/h3-19,21-30,32,49-58,60H,1,20,31,33-43H2,2H3/b32-19-/t49-,50+,51+,52-,53+,54-,55+,56-,57-,58-,59+/m1/s1. The summed E-state index contributed by atoms with van der Waals surface area (Å²) in [5, 5.41) is 10.6. The third kappa shape index (κ3) is 14.6. The van der Waals surface area contributed by atoms with Crippen LogP contribution in [0.5, 0.6) is 0 Å². The third-order valence-electron chi connectivity index (χ3n) is 13.4. The van der Waals surface area contributed by atoms with Gasteiger partial charge in [-0.05, 0) is 54.0 Å². The molecule has 0 spiro atoms. The van der Waals surface area contributed by atoms with Gasteiger partial charge in [-0.3, -0.25) is 0 Å². The van der Waals surface area contributed by atoms with E-state index in [1.165, 1.54) is 0 Å². The predicted molar refractivity (Wildman–Crippen MR) is 266 cm³/mol. The van der Waals surface area contributed by atoms with Crippen molar-refractivity contribution >= 4 is 0 Å². The van der Waals surface area contributed by atoms with E-state index in [1.54, 1.807) is 0 Å². The number of rotatable bonds is 23. The Bertz CT molecular complexity index is 2230. The summed E-state index contributed by atoms with van der Waals surface area (Å²) in [6, 6.07) is 50.8. The average Bonchev–Trinajstić information content (AvgIpc) is 3.48. The minimum Gasteiger partial charge on any atom is -0.396 e. The fourth-order valence-electron chi connectivity index (χ4n) is 9.60. The zero-order valence-electron chi connectivity index (χ0n) is 40.0. The molecule has 0 bridgehead atoms. The first-order valence-electron chi connectivity index (χ1n) is 24.7. The highest BCUT2D eigenvalue weighted by atomic mass is 16.6. The van der Waals surface area contributed by atoms with Gasteiger partial charge in [-0.15, -0.1) is 6.58 Å². The molecule has 10 nitrogen and oxygen atoms in total. The highest BCUT2D eigenvalue weighted by molar-refractivity contribution is 5.18. The first kappa shape index (κ1) is 50.6. The van der Waals surface area contributed by atoms with Crippen LogP contribution in [0.3, 0.4) is 0 Å². The summed E-state index contributed by atoms with van der Waals surface area (Å²) in [4.78, 5) is 0. The minimum absolute atomic E-state index is 0.0996. The van der Waals surface area contributed by atoms with E-state index in [0.29, 0.717) is 78.4 Å². The molecule has 8 rings (SSSR count). The molecule has 3 aliphatic heterocycles. The number of hydrogen-bond donors (Lipinski definition) is 1. The van der Waals surface area contributed by atoms with Gasteiger partial charge in [0.05, 0.1) is 89.0 Å². The highest BCUT2D eigenvalue weighted by Crippen LogP contribution is 2.44. The summed E-state index contributed by atoms with van der Waals surface area (Å²) in [6.45, 7) is 8.88. The van der Waals surface area contributed by atoms with Crippen LogP contribution in [0.2, 0.25) is 0 Å². The quantitative estimate of drug-likeness (QED) is 0.0637. The molecule has 1 N–H and O–H groups in total. The van der Waals surface area contributed by atoms with Crippen molar-refractivity contribution in [2.24, 2.45) is 0 Å². The molecule has 69 heavy (non-hydrogen) atoms. The number of aliphatic hydroxyl groups excluding tert-OH is 1. The molecule has 0 unspecified atom stereocenters. The zero-order chi connectivity index (χ0) is 47.5. The van der Waals surface area contributed by atoms with E-state index in [4.69, 9.17) is 42.6 Å². The maximum atomic E-state index is 10.6. The van der Waals surface area contributed by atoms with E-state index in [9.17, 15) is 5.11 Å². The molecule has 0 amide bonds. The average molecular weight is 939 g/mol. The first-order valence-corrected chi connectivity index (χ1v) is 24.7. The zero-order valence-corrected chi connectivity index (χ0v) is 40.0. The van der Waals surface area contributed by atoms with E-state index >= 15 is 0 Å². The Morgan fingerprint density at radius 1 is 0.565 bits per heavy atom. The molecule has 0 aliphatic carbocycles. The summed E-state index contributed by atoms with van der Waals surface area (Å²) < 4.78 is 62.1. The summed E-state index contributed by atoms with van der Waals surface area (Å²) in [5.74, 6) is 0. The van der Waals surface area contributed by atoms with Gasteiger partial charge in [0.15, 0.2) is 0 Å². The molecule has 2 saturated heterocycles. The van der Waals surface area contributed by atoms with Gasteiger partial charge in [-0.2, -0.15) is 0 Å². The van der Waals surface area contributed by atoms with Crippen molar-refractivity contribution in [1.29, 1.82) is 0 Å². The van der Waals surface area contributed by atoms with Gasteiger partial charge in [-0.1, -0.05) is 170 Å². The van der Waals surface area contributed by atoms with E-state index in [0.717, 1.165) is 27.8 Å². The summed E-state index contributed by atoms with van der Waals surface area (Å²) in [7, 11) is 0. The van der Waals surface area contributed by atoms with Crippen molar-refractivity contribution in [2.75, 3.05) is 19.8 Å². The normalized spacial score (nSPS) is 28.7. The SMILES string of the molecule is C=CC[C@@H]1O[C@@H]2C[C@H](OCc3ccccc3)[C@@H](COCc3ccccc3)O[C@@]2(C)[C@H](OCc2ccccc2)C[C@H]1O[C@H]1/C=C\C[C@@H](OCc2ccccc2)[C@H](COCc2ccccc2)O[C@@H]1CCO. The van der Waals surface area contributed by atoms with Crippen molar-refractivity contribution in [2.45, 2.75) is 139 Å². The number of aliphatic hydroxyl groups is 1. The molecular weight excluding hydrogens is 869 g/mol. The highest BCUT2D eigenvalue weighted by Gasteiger charge is 2.56. The molecule has 0 radical (unpaired) electrons. The molecule has 0 saturated carbocycles. The third-order valence-corrected chi connectivity index (χ3v) is 13.4. The van der Waals surface area contributed by atoms with Crippen molar-refractivity contribution < 1.29 is 47.7 Å². The number of ether oxygens (including phenoxy) is 9. The number of hydrogen-bond acceptors (Lipinski definition) is 10. The Balaban J connectivity index is 1.07. The van der Waals surface area contributed by atoms with Crippen LogP contribution in [0.4, 0.5) is 0 Å². The van der Waals surface area contributed by atoms with E-state index in [1.807, 2.05) is 109 Å². The molecule has 10 heteroatoms. The van der Waals surface area contributed by atoms with Crippen LogP contribution in [0, 0.1) is 0 Å². The van der Waals surface area contributed by atoms with Crippen LogP contribution in [0.1, 0.15) is 66.8 Å². The van der Waals surface area contributed by atoms with Crippen LogP contribution in [0.25, 0.3) is 0 Å². The molecule has 0 aromatic heterocycles. The summed E-state index contributed by atoms with van der Waals surface area (Å²) in [5.41, 5.74) is 4.43. The van der Waals surface area contributed by atoms with Gasteiger partial charge >= 0.3 is 0 Å². The monoisotopic (exact) mass is 938 g/mol. The van der Waals surface area contributed by atoms with Crippen molar-refractivity contribution in [3.8, 4) is 0 Å². The van der Waals surface area contributed by atoms with Gasteiger partial charge in [0, 0.05) is 19.4 Å². The molecule has 5 aromatic rings. The Morgan fingerprint density at radius 2 is 1.06 bits per heavy atom. The van der Waals surface area contributed by atoms with Gasteiger partial charge in [-0.25, -0.2) is 0 Å². The van der Waals surface area contributed by atoms with Crippen LogP contribution >= 0.6 is 0 Å². The molecule has 2 fully saturated rings.